The molecule has 0 amide bonds. The van der Waals surface area contributed by atoms with E-state index in [1.807, 2.05) is 0 Å². The maximum absolute atomic E-state index is 8.68. The van der Waals surface area contributed by atoms with Crippen LogP contribution in [0.1, 0.15) is 103 Å². The Morgan fingerprint density at radius 2 is 0.650 bits per heavy atom. The van der Waals surface area contributed by atoms with Crippen LogP contribution in [0.5, 0.6) is 0 Å². The summed E-state index contributed by atoms with van der Waals surface area (Å²) in [6.45, 7) is 0.371. The van der Waals surface area contributed by atoms with Crippen LogP contribution in [0.3, 0.4) is 0 Å². The summed E-state index contributed by atoms with van der Waals surface area (Å²) in [6.07, 6.45) is 23.1. The van der Waals surface area contributed by atoms with Crippen LogP contribution in [0.4, 0.5) is 0 Å². The van der Waals surface area contributed by atoms with Gasteiger partial charge in [0.25, 0.3) is 0 Å². The van der Waals surface area contributed by atoms with Crippen molar-refractivity contribution in [2.45, 2.75) is 109 Å². The molecule has 0 atom stereocenters. The molecule has 0 unspecified atom stereocenters. The molecule has 20 heavy (non-hydrogen) atoms. The molecule has 0 heterocycles. The molecule has 0 saturated carbocycles. The van der Waals surface area contributed by atoms with Gasteiger partial charge in [-0.1, -0.05) is 25.7 Å². The Bertz CT molecular complexity index is 143. The van der Waals surface area contributed by atoms with Gasteiger partial charge in [0.1, 0.15) is 0 Å². The van der Waals surface area contributed by atoms with Crippen LogP contribution in [0.15, 0.2) is 0 Å². The molecule has 1 radical (unpaired) electrons. The van der Waals surface area contributed by atoms with E-state index in [0.29, 0.717) is 6.61 Å². The first-order valence-corrected chi connectivity index (χ1v) is 9.32. The zero-order chi connectivity index (χ0) is 14.7. The fourth-order valence-electron chi connectivity index (χ4n) is 2.76. The second-order valence-electron chi connectivity index (χ2n) is 6.23. The first-order chi connectivity index (χ1) is 9.91. The number of rotatable bonds is 17. The van der Waals surface area contributed by atoms with Crippen molar-refractivity contribution >= 4 is 9.45 Å². The van der Waals surface area contributed by atoms with Gasteiger partial charge in [-0.25, -0.2) is 0 Å². The molecule has 2 heteroatoms. The van der Waals surface area contributed by atoms with Crippen LogP contribution >= 0.6 is 0 Å². The van der Waals surface area contributed by atoms with E-state index in [2.05, 4.69) is 9.45 Å². The van der Waals surface area contributed by atoms with Crippen molar-refractivity contribution in [3.05, 3.63) is 0 Å². The van der Waals surface area contributed by atoms with Gasteiger partial charge in [0.05, 0.1) is 0 Å². The average Bonchev–Trinajstić information content (AvgIpc) is 2.47. The summed E-state index contributed by atoms with van der Waals surface area (Å²) in [6, 6.07) is 0. The number of aliphatic hydroxyl groups is 1. The second-order valence-corrected chi connectivity index (χ2v) is 6.23. The number of aliphatic hydroxyl groups excluding tert-OH is 1. The molecule has 0 rings (SSSR count). The first-order valence-electron chi connectivity index (χ1n) is 9.32. The molecule has 1 N–H and O–H groups in total. The number of hydrogen-bond acceptors (Lipinski definition) is 1. The topological polar surface area (TPSA) is 20.2 Å². The third-order valence-electron chi connectivity index (χ3n) is 4.16. The molecule has 0 bridgehead atoms. The molecule has 0 aromatic carbocycles. The summed E-state index contributed by atoms with van der Waals surface area (Å²) in [5.74, 6) is 0. The Morgan fingerprint density at radius 3 is 0.900 bits per heavy atom. The van der Waals surface area contributed by atoms with Crippen LogP contribution < -0.4 is 0 Å². The minimum atomic E-state index is 0.371. The first kappa shape index (κ1) is 20.1. The molecular weight excluding hydrogens is 241 g/mol. The summed E-state index contributed by atoms with van der Waals surface area (Å²) < 4.78 is 0. The molecule has 117 valence electrons. The number of unbranched alkanes of at least 4 members (excludes halogenated alkanes) is 15. The van der Waals surface area contributed by atoms with Gasteiger partial charge in [-0.3, -0.25) is 0 Å². The SMILES string of the molecule is [Be][CH2]CCCCCCCCCCCCCCCCCO. The monoisotopic (exact) mass is 278 g/mol. The van der Waals surface area contributed by atoms with E-state index >= 15 is 0 Å². The maximum atomic E-state index is 8.68. The Hall–Kier alpha value is 0.129. The van der Waals surface area contributed by atoms with Crippen molar-refractivity contribution < 1.29 is 5.11 Å². The van der Waals surface area contributed by atoms with Crippen LogP contribution in [0.25, 0.3) is 0 Å². The Kier molecular flexibility index (Phi) is 19.3. The smallest absolute Gasteiger partial charge is 0.396 e. The second kappa shape index (κ2) is 19.1. The van der Waals surface area contributed by atoms with Crippen LogP contribution in [-0.2, 0) is 0 Å². The molecule has 0 aromatic heterocycles. The van der Waals surface area contributed by atoms with Gasteiger partial charge in [0, 0.05) is 6.61 Å². The van der Waals surface area contributed by atoms with E-state index in [0.717, 1.165) is 12.6 Å². The van der Waals surface area contributed by atoms with E-state index in [-0.39, 0.29) is 0 Å². The summed E-state index contributed by atoms with van der Waals surface area (Å²) in [4.78, 5) is 0. The molecule has 0 aliphatic carbocycles. The standard InChI is InChI=1S/C18H37O.Be/c1-2-3-4-5-6-7-8-9-10-11-12-13-14-15-16-17-18-19;/h19H,1-18H2;. The Balaban J connectivity index is 2.89. The summed E-state index contributed by atoms with van der Waals surface area (Å²) in [7, 11) is 3.88. The van der Waals surface area contributed by atoms with Crippen molar-refractivity contribution in [1.29, 1.82) is 0 Å². The zero-order valence-electron chi connectivity index (χ0n) is 13.9. The van der Waals surface area contributed by atoms with Crippen LogP contribution in [0, 0.1) is 0 Å². The molecule has 0 aliphatic heterocycles. The summed E-state index contributed by atoms with van der Waals surface area (Å²) in [5.41, 5.74) is 0. The minimum absolute atomic E-state index is 0.371. The molecule has 0 aliphatic rings. The summed E-state index contributed by atoms with van der Waals surface area (Å²) in [5, 5.41) is 8.68. The van der Waals surface area contributed by atoms with E-state index in [1.165, 1.54) is 96.3 Å². The van der Waals surface area contributed by atoms with Crippen LogP contribution in [-0.4, -0.2) is 21.2 Å². The zero-order valence-corrected chi connectivity index (χ0v) is 13.9. The van der Waals surface area contributed by atoms with Gasteiger partial charge >= 0.3 is 86.2 Å². The van der Waals surface area contributed by atoms with E-state index < -0.39 is 0 Å². The predicted octanol–water partition coefficient (Wildman–Crippen LogP) is 5.81. The fourth-order valence-corrected chi connectivity index (χ4v) is 2.76. The van der Waals surface area contributed by atoms with Crippen molar-refractivity contribution in [1.82, 2.24) is 0 Å². The van der Waals surface area contributed by atoms with Gasteiger partial charge < -0.3 is 5.11 Å². The molecule has 0 spiro atoms. The fraction of sp³-hybridized carbons (Fsp3) is 1.00. The third kappa shape index (κ3) is 18.1. The molecule has 0 saturated heterocycles. The van der Waals surface area contributed by atoms with E-state index in [1.54, 1.807) is 0 Å². The normalized spacial score (nSPS) is 11.0. The van der Waals surface area contributed by atoms with Crippen molar-refractivity contribution in [3.8, 4) is 0 Å². The quantitative estimate of drug-likeness (QED) is 0.263. The van der Waals surface area contributed by atoms with Crippen LogP contribution in [0.2, 0.25) is 6.14 Å². The minimum Gasteiger partial charge on any atom is -0.396 e. The average molecular weight is 279 g/mol. The van der Waals surface area contributed by atoms with Gasteiger partial charge in [0.15, 0.2) is 0 Å². The van der Waals surface area contributed by atoms with E-state index in [4.69, 9.17) is 5.11 Å². The predicted molar refractivity (Wildman–Crippen MR) is 91.5 cm³/mol. The van der Waals surface area contributed by atoms with Crippen molar-refractivity contribution in [2.75, 3.05) is 6.61 Å². The van der Waals surface area contributed by atoms with Gasteiger partial charge in [-0.15, -0.1) is 0 Å². The number of hydrogen-bond donors (Lipinski definition) is 1. The molecule has 0 aromatic rings. The molecule has 1 nitrogen and oxygen atoms in total. The van der Waals surface area contributed by atoms with E-state index in [9.17, 15) is 0 Å². The summed E-state index contributed by atoms with van der Waals surface area (Å²) >= 11 is 0. The third-order valence-corrected chi connectivity index (χ3v) is 4.16. The molecular formula is C18H37BeO. The molecule has 0 fully saturated rings. The van der Waals surface area contributed by atoms with Gasteiger partial charge in [-0.05, 0) is 6.42 Å². The Labute approximate surface area is 130 Å². The van der Waals surface area contributed by atoms with Crippen molar-refractivity contribution in [2.24, 2.45) is 0 Å². The Morgan fingerprint density at radius 1 is 0.400 bits per heavy atom. The van der Waals surface area contributed by atoms with Gasteiger partial charge in [-0.2, -0.15) is 0 Å². The van der Waals surface area contributed by atoms with Gasteiger partial charge in [0.2, 0.25) is 0 Å². The van der Waals surface area contributed by atoms with Crippen molar-refractivity contribution in [3.63, 3.8) is 0 Å².